The van der Waals surface area contributed by atoms with Gasteiger partial charge < -0.3 is 15.8 Å². The topological polar surface area (TPSA) is 64.3 Å². The van der Waals surface area contributed by atoms with Crippen molar-refractivity contribution in [2.75, 3.05) is 11.9 Å². The molecule has 4 heteroatoms. The van der Waals surface area contributed by atoms with E-state index in [1.54, 1.807) is 6.07 Å². The van der Waals surface area contributed by atoms with Crippen LogP contribution in [0.4, 0.5) is 10.5 Å². The third kappa shape index (κ3) is 3.81. The Morgan fingerprint density at radius 2 is 2.19 bits per heavy atom. The van der Waals surface area contributed by atoms with Gasteiger partial charge in [-0.2, -0.15) is 0 Å². The van der Waals surface area contributed by atoms with Crippen LogP contribution in [0, 0.1) is 12.8 Å². The summed E-state index contributed by atoms with van der Waals surface area (Å²) in [6.45, 7) is 6.81. The van der Waals surface area contributed by atoms with Crippen molar-refractivity contribution in [3.8, 4) is 5.75 Å². The van der Waals surface area contributed by atoms with E-state index in [9.17, 15) is 4.79 Å². The van der Waals surface area contributed by atoms with Gasteiger partial charge in [-0.05, 0) is 36.6 Å². The largest absolute Gasteiger partial charge is 0.493 e. The Balaban J connectivity index is 2.71. The number of primary amides is 1. The van der Waals surface area contributed by atoms with E-state index in [1.165, 1.54) is 0 Å². The molecule has 0 aromatic heterocycles. The molecule has 4 nitrogen and oxygen atoms in total. The standard InChI is InChI=1S/C12H18N2O2/c1-8(2)7-16-11-5-4-10(6-9(11)3)14-12(13)15/h4-6,8H,7H2,1-3H3,(H3,13,14,15). The summed E-state index contributed by atoms with van der Waals surface area (Å²) in [7, 11) is 0. The van der Waals surface area contributed by atoms with E-state index in [0.717, 1.165) is 11.3 Å². The van der Waals surface area contributed by atoms with Crippen molar-refractivity contribution >= 4 is 11.7 Å². The molecule has 0 radical (unpaired) electrons. The molecule has 2 amide bonds. The predicted molar refractivity (Wildman–Crippen MR) is 64.7 cm³/mol. The van der Waals surface area contributed by atoms with Crippen molar-refractivity contribution in [2.24, 2.45) is 11.7 Å². The highest BCUT2D eigenvalue weighted by Crippen LogP contribution is 2.22. The molecule has 0 aliphatic rings. The summed E-state index contributed by atoms with van der Waals surface area (Å²) < 4.78 is 5.61. The summed E-state index contributed by atoms with van der Waals surface area (Å²) in [5, 5.41) is 2.52. The number of amides is 2. The van der Waals surface area contributed by atoms with E-state index >= 15 is 0 Å². The van der Waals surface area contributed by atoms with Gasteiger partial charge in [-0.3, -0.25) is 0 Å². The summed E-state index contributed by atoms with van der Waals surface area (Å²) in [5.74, 6) is 1.33. The van der Waals surface area contributed by atoms with E-state index in [4.69, 9.17) is 10.5 Å². The number of nitrogens with two attached hydrogens (primary N) is 1. The second-order valence-corrected chi connectivity index (χ2v) is 4.17. The molecule has 0 spiro atoms. The highest BCUT2D eigenvalue weighted by atomic mass is 16.5. The minimum Gasteiger partial charge on any atom is -0.493 e. The number of nitrogens with one attached hydrogen (secondary N) is 1. The fourth-order valence-corrected chi connectivity index (χ4v) is 1.29. The van der Waals surface area contributed by atoms with E-state index in [-0.39, 0.29) is 0 Å². The highest BCUT2D eigenvalue weighted by molar-refractivity contribution is 5.87. The van der Waals surface area contributed by atoms with Crippen molar-refractivity contribution in [1.29, 1.82) is 0 Å². The molecule has 0 saturated heterocycles. The van der Waals surface area contributed by atoms with Crippen molar-refractivity contribution < 1.29 is 9.53 Å². The number of ether oxygens (including phenoxy) is 1. The number of urea groups is 1. The molecule has 1 aromatic rings. The molecule has 1 rings (SSSR count). The Kier molecular flexibility index (Phi) is 4.17. The van der Waals surface area contributed by atoms with Crippen LogP contribution in [0.25, 0.3) is 0 Å². The summed E-state index contributed by atoms with van der Waals surface area (Å²) in [4.78, 5) is 10.7. The van der Waals surface area contributed by atoms with E-state index in [1.807, 2.05) is 19.1 Å². The van der Waals surface area contributed by atoms with Gasteiger partial charge >= 0.3 is 6.03 Å². The zero-order valence-electron chi connectivity index (χ0n) is 9.91. The predicted octanol–water partition coefficient (Wildman–Crippen LogP) is 2.52. The molecule has 0 saturated carbocycles. The van der Waals surface area contributed by atoms with Crippen molar-refractivity contribution in [2.45, 2.75) is 20.8 Å². The number of carbonyl (C=O) groups is 1. The highest BCUT2D eigenvalue weighted by Gasteiger charge is 2.03. The van der Waals surface area contributed by atoms with Crippen LogP contribution < -0.4 is 15.8 Å². The molecular formula is C12H18N2O2. The van der Waals surface area contributed by atoms with Gasteiger partial charge in [-0.15, -0.1) is 0 Å². The van der Waals surface area contributed by atoms with Crippen LogP contribution in [0.3, 0.4) is 0 Å². The summed E-state index contributed by atoms with van der Waals surface area (Å²) in [6.07, 6.45) is 0. The normalized spacial score (nSPS) is 10.2. The van der Waals surface area contributed by atoms with Gasteiger partial charge in [0, 0.05) is 5.69 Å². The Bertz CT molecular complexity index is 375. The Morgan fingerprint density at radius 1 is 1.50 bits per heavy atom. The van der Waals surface area contributed by atoms with Gasteiger partial charge in [0.1, 0.15) is 5.75 Å². The lowest BCUT2D eigenvalue weighted by atomic mass is 10.2. The van der Waals surface area contributed by atoms with Crippen LogP contribution in [0.1, 0.15) is 19.4 Å². The molecule has 0 atom stereocenters. The van der Waals surface area contributed by atoms with Crippen LogP contribution in [0.2, 0.25) is 0 Å². The third-order valence-electron chi connectivity index (χ3n) is 2.01. The maximum Gasteiger partial charge on any atom is 0.316 e. The number of benzene rings is 1. The van der Waals surface area contributed by atoms with Gasteiger partial charge in [-0.1, -0.05) is 13.8 Å². The van der Waals surface area contributed by atoms with Crippen LogP contribution >= 0.6 is 0 Å². The molecule has 88 valence electrons. The fraction of sp³-hybridized carbons (Fsp3) is 0.417. The van der Waals surface area contributed by atoms with Gasteiger partial charge in [0.15, 0.2) is 0 Å². The van der Waals surface area contributed by atoms with Gasteiger partial charge in [-0.25, -0.2) is 4.79 Å². The zero-order chi connectivity index (χ0) is 12.1. The van der Waals surface area contributed by atoms with Gasteiger partial charge in [0.25, 0.3) is 0 Å². The van der Waals surface area contributed by atoms with E-state index in [2.05, 4.69) is 19.2 Å². The van der Waals surface area contributed by atoms with E-state index < -0.39 is 6.03 Å². The lowest BCUT2D eigenvalue weighted by Gasteiger charge is -2.12. The Labute approximate surface area is 95.8 Å². The number of rotatable bonds is 4. The minimum atomic E-state index is -0.560. The van der Waals surface area contributed by atoms with Crippen LogP contribution in [0.5, 0.6) is 5.75 Å². The lowest BCUT2D eigenvalue weighted by Crippen LogP contribution is -2.19. The average Bonchev–Trinajstić information content (AvgIpc) is 2.15. The molecule has 3 N–H and O–H groups in total. The Hall–Kier alpha value is -1.71. The number of hydrogen-bond donors (Lipinski definition) is 2. The first-order valence-corrected chi connectivity index (χ1v) is 5.29. The lowest BCUT2D eigenvalue weighted by molar-refractivity contribution is 0.259. The molecule has 0 fully saturated rings. The van der Waals surface area contributed by atoms with Crippen molar-refractivity contribution in [3.05, 3.63) is 23.8 Å². The fourth-order valence-electron chi connectivity index (χ4n) is 1.29. The van der Waals surface area contributed by atoms with Crippen molar-refractivity contribution in [3.63, 3.8) is 0 Å². The third-order valence-corrected chi connectivity index (χ3v) is 2.01. The van der Waals surface area contributed by atoms with Gasteiger partial charge in [0.2, 0.25) is 0 Å². The van der Waals surface area contributed by atoms with Crippen LogP contribution in [-0.2, 0) is 0 Å². The molecule has 0 aliphatic heterocycles. The van der Waals surface area contributed by atoms with Crippen molar-refractivity contribution in [1.82, 2.24) is 0 Å². The maximum atomic E-state index is 10.7. The first kappa shape index (κ1) is 12.4. The number of carbonyl (C=O) groups excluding carboxylic acids is 1. The molecule has 16 heavy (non-hydrogen) atoms. The summed E-state index contributed by atoms with van der Waals surface area (Å²) in [5.41, 5.74) is 6.69. The second kappa shape index (κ2) is 5.39. The number of hydrogen-bond acceptors (Lipinski definition) is 2. The SMILES string of the molecule is Cc1cc(NC(N)=O)ccc1OCC(C)C. The van der Waals surface area contributed by atoms with Gasteiger partial charge in [0.05, 0.1) is 6.61 Å². The number of aryl methyl sites for hydroxylation is 1. The molecule has 0 aliphatic carbocycles. The average molecular weight is 222 g/mol. The molecule has 0 unspecified atom stereocenters. The monoisotopic (exact) mass is 222 g/mol. The number of anilines is 1. The zero-order valence-corrected chi connectivity index (χ0v) is 9.91. The first-order chi connectivity index (χ1) is 7.49. The summed E-state index contributed by atoms with van der Waals surface area (Å²) >= 11 is 0. The van der Waals surface area contributed by atoms with Crippen LogP contribution in [0.15, 0.2) is 18.2 Å². The molecule has 1 aromatic carbocycles. The Morgan fingerprint density at radius 3 is 2.69 bits per heavy atom. The minimum absolute atomic E-state index is 0.489. The van der Waals surface area contributed by atoms with Crippen LogP contribution in [-0.4, -0.2) is 12.6 Å². The molecule has 0 heterocycles. The molecule has 0 bridgehead atoms. The summed E-state index contributed by atoms with van der Waals surface area (Å²) in [6, 6.07) is 4.88. The smallest absolute Gasteiger partial charge is 0.316 e. The second-order valence-electron chi connectivity index (χ2n) is 4.17. The quantitative estimate of drug-likeness (QED) is 0.822. The molecular weight excluding hydrogens is 204 g/mol. The first-order valence-electron chi connectivity index (χ1n) is 5.29. The van der Waals surface area contributed by atoms with E-state index in [0.29, 0.717) is 18.2 Å². The maximum absolute atomic E-state index is 10.7.